The molecule has 0 aliphatic heterocycles. The highest BCUT2D eigenvalue weighted by Crippen LogP contribution is 2.19. The van der Waals surface area contributed by atoms with Crippen molar-refractivity contribution in [2.45, 2.75) is 33.4 Å². The number of rotatable bonds is 7. The molecule has 2 N–H and O–H groups in total. The van der Waals surface area contributed by atoms with Gasteiger partial charge in [0.15, 0.2) is 5.96 Å². The lowest BCUT2D eigenvalue weighted by atomic mass is 10.1. The van der Waals surface area contributed by atoms with Gasteiger partial charge in [0.1, 0.15) is 5.82 Å². The molecule has 27 heavy (non-hydrogen) atoms. The van der Waals surface area contributed by atoms with Crippen LogP contribution in [-0.4, -0.2) is 43.0 Å². The Bertz CT molecular complexity index is 747. The Morgan fingerprint density at radius 1 is 1.30 bits per heavy atom. The molecule has 0 fully saturated rings. The third kappa shape index (κ3) is 7.34. The molecule has 0 aliphatic rings. The number of thiazole rings is 1. The zero-order valence-corrected chi connectivity index (χ0v) is 19.7. The zero-order chi connectivity index (χ0) is 19.1. The van der Waals surface area contributed by atoms with Crippen molar-refractivity contribution < 1.29 is 4.39 Å². The van der Waals surface area contributed by atoms with Crippen molar-refractivity contribution >= 4 is 41.3 Å². The predicted molar refractivity (Wildman–Crippen MR) is 123 cm³/mol. The highest BCUT2D eigenvalue weighted by atomic mass is 127. The number of benzene rings is 1. The fourth-order valence-corrected chi connectivity index (χ4v) is 3.58. The quantitative estimate of drug-likeness (QED) is 0.341. The van der Waals surface area contributed by atoms with Crippen LogP contribution >= 0.6 is 35.3 Å². The van der Waals surface area contributed by atoms with Crippen LogP contribution in [0.5, 0.6) is 0 Å². The average molecular weight is 505 g/mol. The van der Waals surface area contributed by atoms with E-state index in [-0.39, 0.29) is 35.8 Å². The van der Waals surface area contributed by atoms with E-state index in [0.717, 1.165) is 28.8 Å². The van der Waals surface area contributed by atoms with Crippen LogP contribution in [0.25, 0.3) is 0 Å². The molecule has 0 amide bonds. The van der Waals surface area contributed by atoms with Gasteiger partial charge in [-0.1, -0.05) is 12.1 Å². The van der Waals surface area contributed by atoms with E-state index in [9.17, 15) is 4.39 Å². The molecular formula is C19H29FIN5S. The first-order valence-corrected chi connectivity index (χ1v) is 9.59. The van der Waals surface area contributed by atoms with Gasteiger partial charge in [0.05, 0.1) is 23.3 Å². The number of aliphatic imine (C=N–C) groups is 1. The Morgan fingerprint density at radius 2 is 2.04 bits per heavy atom. The molecule has 5 nitrogen and oxygen atoms in total. The molecule has 0 saturated carbocycles. The summed E-state index contributed by atoms with van der Waals surface area (Å²) in [6.45, 7) is 8.06. The predicted octanol–water partition coefficient (Wildman–Crippen LogP) is 3.88. The van der Waals surface area contributed by atoms with Crippen molar-refractivity contribution in [1.82, 2.24) is 20.5 Å². The molecule has 8 heteroatoms. The first-order valence-electron chi connectivity index (χ1n) is 8.77. The first kappa shape index (κ1) is 23.8. The number of guanidine groups is 1. The summed E-state index contributed by atoms with van der Waals surface area (Å²) in [5.41, 5.74) is 1.98. The molecule has 0 saturated heterocycles. The maximum Gasteiger partial charge on any atom is 0.191 e. The van der Waals surface area contributed by atoms with Crippen LogP contribution in [0.1, 0.15) is 34.1 Å². The maximum absolute atomic E-state index is 13.6. The minimum absolute atomic E-state index is 0. The molecule has 0 aliphatic carbocycles. The van der Waals surface area contributed by atoms with E-state index in [2.05, 4.69) is 25.5 Å². The van der Waals surface area contributed by atoms with Gasteiger partial charge >= 0.3 is 0 Å². The van der Waals surface area contributed by atoms with Crippen LogP contribution in [0.2, 0.25) is 0 Å². The number of hydrogen-bond acceptors (Lipinski definition) is 4. The fraction of sp³-hybridized carbons (Fsp3) is 0.474. The van der Waals surface area contributed by atoms with Gasteiger partial charge in [-0.25, -0.2) is 14.4 Å². The summed E-state index contributed by atoms with van der Waals surface area (Å²) in [5, 5.41) is 7.70. The molecule has 2 rings (SSSR count). The van der Waals surface area contributed by atoms with Crippen LogP contribution in [0, 0.1) is 19.7 Å². The lowest BCUT2D eigenvalue weighted by Crippen LogP contribution is -2.41. The van der Waals surface area contributed by atoms with Gasteiger partial charge in [-0.05, 0) is 52.6 Å². The molecule has 1 aromatic heterocycles. The molecule has 0 spiro atoms. The van der Waals surface area contributed by atoms with Crippen LogP contribution in [0.3, 0.4) is 0 Å². The topological polar surface area (TPSA) is 52.6 Å². The summed E-state index contributed by atoms with van der Waals surface area (Å²) >= 11 is 1.68. The summed E-state index contributed by atoms with van der Waals surface area (Å²) in [6.07, 6.45) is 0. The Kier molecular flexibility index (Phi) is 10.2. The summed E-state index contributed by atoms with van der Waals surface area (Å²) < 4.78 is 13.6. The third-order valence-electron chi connectivity index (χ3n) is 4.04. The Morgan fingerprint density at radius 3 is 2.59 bits per heavy atom. The van der Waals surface area contributed by atoms with Gasteiger partial charge in [0, 0.05) is 18.0 Å². The average Bonchev–Trinajstić information content (AvgIpc) is 2.90. The normalized spacial score (nSPS) is 12.6. The van der Waals surface area contributed by atoms with Crippen LogP contribution in [0.15, 0.2) is 29.3 Å². The van der Waals surface area contributed by atoms with Crippen molar-refractivity contribution in [2.75, 3.05) is 27.2 Å². The second-order valence-electron chi connectivity index (χ2n) is 6.35. The van der Waals surface area contributed by atoms with Crippen LogP contribution in [-0.2, 0) is 6.54 Å². The van der Waals surface area contributed by atoms with Crippen molar-refractivity contribution in [3.05, 3.63) is 51.2 Å². The van der Waals surface area contributed by atoms with E-state index in [4.69, 9.17) is 0 Å². The van der Waals surface area contributed by atoms with Crippen molar-refractivity contribution in [2.24, 2.45) is 4.99 Å². The number of nitrogens with one attached hydrogen (secondary N) is 2. The van der Waals surface area contributed by atoms with Gasteiger partial charge in [-0.3, -0.25) is 0 Å². The van der Waals surface area contributed by atoms with Crippen molar-refractivity contribution in [1.29, 1.82) is 0 Å². The fourth-order valence-electron chi connectivity index (χ4n) is 2.72. The molecule has 1 heterocycles. The molecule has 0 radical (unpaired) electrons. The molecule has 0 bridgehead atoms. The highest BCUT2D eigenvalue weighted by Gasteiger charge is 2.15. The summed E-state index contributed by atoms with van der Waals surface area (Å²) in [4.78, 5) is 12.4. The van der Waals surface area contributed by atoms with Crippen LogP contribution < -0.4 is 10.6 Å². The lowest BCUT2D eigenvalue weighted by molar-refractivity contribution is 0.297. The number of aromatic nitrogens is 1. The SMILES string of the molecule is CCNC(=NCc1sc(C)nc1C)NCC(c1cccc(F)c1)N(C)C.I. The van der Waals surface area contributed by atoms with E-state index in [1.165, 1.54) is 10.9 Å². The second-order valence-corrected chi connectivity index (χ2v) is 7.64. The smallest absolute Gasteiger partial charge is 0.191 e. The maximum atomic E-state index is 13.6. The number of halogens is 2. The lowest BCUT2D eigenvalue weighted by Gasteiger charge is -2.26. The van der Waals surface area contributed by atoms with E-state index in [0.29, 0.717) is 13.1 Å². The molecule has 150 valence electrons. The minimum atomic E-state index is -0.217. The summed E-state index contributed by atoms with van der Waals surface area (Å²) in [6, 6.07) is 6.79. The Labute approximate surface area is 182 Å². The van der Waals surface area contributed by atoms with Gasteiger partial charge in [0.25, 0.3) is 0 Å². The molecule has 1 aromatic carbocycles. The summed E-state index contributed by atoms with van der Waals surface area (Å²) in [5.74, 6) is 0.534. The van der Waals surface area contributed by atoms with Crippen LogP contribution in [0.4, 0.5) is 4.39 Å². The third-order valence-corrected chi connectivity index (χ3v) is 5.10. The van der Waals surface area contributed by atoms with E-state index >= 15 is 0 Å². The van der Waals surface area contributed by atoms with Gasteiger partial charge in [-0.15, -0.1) is 35.3 Å². The first-order chi connectivity index (χ1) is 12.4. The molecular weight excluding hydrogens is 476 g/mol. The zero-order valence-electron chi connectivity index (χ0n) is 16.5. The van der Waals surface area contributed by atoms with Crippen molar-refractivity contribution in [3.8, 4) is 0 Å². The number of hydrogen-bond donors (Lipinski definition) is 2. The van der Waals surface area contributed by atoms with E-state index < -0.39 is 0 Å². The van der Waals surface area contributed by atoms with Gasteiger partial charge < -0.3 is 15.5 Å². The minimum Gasteiger partial charge on any atom is -0.357 e. The van der Waals surface area contributed by atoms with E-state index in [1.807, 2.05) is 40.9 Å². The Balaban J connectivity index is 0.00000364. The standard InChI is InChI=1S/C19H28FN5S.HI/c1-6-21-19(23-12-18-13(2)24-14(3)26-18)22-11-17(25(4)5)15-8-7-9-16(20)10-15;/h7-10,17H,6,11-12H2,1-5H3,(H2,21,22,23);1H. The monoisotopic (exact) mass is 505 g/mol. The second kappa shape index (κ2) is 11.6. The number of likely N-dealkylation sites (N-methyl/N-ethyl adjacent to an activating group) is 1. The summed E-state index contributed by atoms with van der Waals surface area (Å²) in [7, 11) is 3.98. The molecule has 1 unspecified atom stereocenters. The molecule has 1 atom stereocenters. The molecule has 2 aromatic rings. The highest BCUT2D eigenvalue weighted by molar-refractivity contribution is 14.0. The Hall–Kier alpha value is -1.26. The number of nitrogens with zero attached hydrogens (tertiary/aromatic N) is 3. The number of aryl methyl sites for hydroxylation is 2. The van der Waals surface area contributed by atoms with E-state index in [1.54, 1.807) is 23.5 Å². The van der Waals surface area contributed by atoms with Gasteiger partial charge in [-0.2, -0.15) is 0 Å². The van der Waals surface area contributed by atoms with Crippen molar-refractivity contribution in [3.63, 3.8) is 0 Å². The van der Waals surface area contributed by atoms with Gasteiger partial charge in [0.2, 0.25) is 0 Å². The largest absolute Gasteiger partial charge is 0.357 e.